The normalized spacial score (nSPS) is 16.4. The molecule has 1 fully saturated rings. The third-order valence-corrected chi connectivity index (χ3v) is 6.58. The van der Waals surface area contributed by atoms with Gasteiger partial charge in [-0.05, 0) is 73.7 Å². The van der Waals surface area contributed by atoms with Crippen molar-refractivity contribution in [3.05, 3.63) is 47.5 Å². The Morgan fingerprint density at radius 2 is 1.03 bits per heavy atom. The molecule has 3 rings (SSSR count). The lowest BCUT2D eigenvalue weighted by Crippen LogP contribution is -2.57. The van der Waals surface area contributed by atoms with Crippen LogP contribution >= 0.6 is 24.4 Å². The van der Waals surface area contributed by atoms with Gasteiger partial charge in [0, 0.05) is 23.2 Å². The van der Waals surface area contributed by atoms with Crippen molar-refractivity contribution in [1.82, 2.24) is 21.3 Å². The Morgan fingerprint density at radius 3 is 1.37 bits per heavy atom. The third kappa shape index (κ3) is 7.45. The van der Waals surface area contributed by atoms with Gasteiger partial charge in [-0.1, -0.05) is 12.8 Å². The second-order valence-electron chi connectivity index (χ2n) is 8.49. The molecule has 2 unspecified atom stereocenters. The van der Waals surface area contributed by atoms with Crippen molar-refractivity contribution in [3.63, 3.8) is 0 Å². The van der Waals surface area contributed by atoms with E-state index in [-0.39, 0.29) is 34.1 Å². The van der Waals surface area contributed by atoms with Crippen LogP contribution in [0.1, 0.15) is 46.4 Å². The molecule has 0 radical (unpaired) electrons. The van der Waals surface area contributed by atoms with Gasteiger partial charge in [-0.15, -0.1) is 0 Å². The maximum atomic E-state index is 12.7. The van der Waals surface area contributed by atoms with E-state index in [1.165, 1.54) is 28.4 Å². The zero-order chi connectivity index (χ0) is 27.7. The molecule has 10 nitrogen and oxygen atoms in total. The molecule has 2 aromatic carbocycles. The average Bonchev–Trinajstić information content (AvgIpc) is 2.92. The van der Waals surface area contributed by atoms with Gasteiger partial charge < -0.3 is 29.6 Å². The van der Waals surface area contributed by atoms with Gasteiger partial charge in [0.2, 0.25) is 0 Å². The average molecular weight is 561 g/mol. The van der Waals surface area contributed by atoms with Crippen LogP contribution in [0, 0.1) is 0 Å². The molecule has 0 saturated heterocycles. The lowest BCUT2D eigenvalue weighted by Gasteiger charge is -2.34. The van der Waals surface area contributed by atoms with E-state index in [1.807, 2.05) is 0 Å². The largest absolute Gasteiger partial charge is 0.493 e. The summed E-state index contributed by atoms with van der Waals surface area (Å²) in [7, 11) is 6.06. The Kier molecular flexibility index (Phi) is 10.5. The van der Waals surface area contributed by atoms with Gasteiger partial charge in [0.15, 0.2) is 33.2 Å². The molecule has 0 aliphatic heterocycles. The quantitative estimate of drug-likeness (QED) is 0.359. The van der Waals surface area contributed by atoms with Crippen LogP contribution in [-0.2, 0) is 0 Å². The van der Waals surface area contributed by atoms with E-state index in [1.54, 1.807) is 36.4 Å². The van der Waals surface area contributed by atoms with Gasteiger partial charge in [-0.3, -0.25) is 20.2 Å². The number of ether oxygens (including phenoxy) is 4. The number of methoxy groups -OCH3 is 4. The molecule has 2 aromatic rings. The molecule has 1 aliphatic carbocycles. The van der Waals surface area contributed by atoms with E-state index in [4.69, 9.17) is 43.4 Å². The number of hydrogen-bond donors (Lipinski definition) is 4. The van der Waals surface area contributed by atoms with Crippen molar-refractivity contribution >= 4 is 46.5 Å². The minimum atomic E-state index is -0.374. The Hall–Kier alpha value is -3.64. The van der Waals surface area contributed by atoms with Gasteiger partial charge in [0.25, 0.3) is 11.8 Å². The van der Waals surface area contributed by atoms with Crippen LogP contribution in [-0.4, -0.2) is 62.6 Å². The molecule has 204 valence electrons. The number of nitrogens with one attached hydrogen (secondary N) is 4. The topological polar surface area (TPSA) is 119 Å². The summed E-state index contributed by atoms with van der Waals surface area (Å²) in [6.07, 6.45) is 3.62. The van der Waals surface area contributed by atoms with Gasteiger partial charge in [0.1, 0.15) is 0 Å². The molecule has 2 amide bonds. The van der Waals surface area contributed by atoms with E-state index in [0.29, 0.717) is 34.1 Å². The predicted molar refractivity (Wildman–Crippen MR) is 152 cm³/mol. The number of carbonyl (C=O) groups excluding carboxylic acids is 2. The van der Waals surface area contributed by atoms with E-state index >= 15 is 0 Å². The minimum Gasteiger partial charge on any atom is -0.493 e. The van der Waals surface area contributed by atoms with Crippen LogP contribution in [0.5, 0.6) is 23.0 Å². The fourth-order valence-corrected chi connectivity index (χ4v) is 4.68. The van der Waals surface area contributed by atoms with Gasteiger partial charge >= 0.3 is 0 Å². The van der Waals surface area contributed by atoms with Gasteiger partial charge in [-0.2, -0.15) is 0 Å². The Morgan fingerprint density at radius 1 is 0.658 bits per heavy atom. The highest BCUT2D eigenvalue weighted by Crippen LogP contribution is 2.28. The van der Waals surface area contributed by atoms with Crippen molar-refractivity contribution in [2.24, 2.45) is 0 Å². The molecular weight excluding hydrogens is 528 g/mol. The third-order valence-electron chi connectivity index (χ3n) is 6.14. The van der Waals surface area contributed by atoms with Crippen LogP contribution in [0.15, 0.2) is 36.4 Å². The summed E-state index contributed by atoms with van der Waals surface area (Å²) in [5.41, 5.74) is 0.758. The van der Waals surface area contributed by atoms with Crippen LogP contribution in [0.25, 0.3) is 0 Å². The number of benzene rings is 2. The first-order chi connectivity index (χ1) is 18.3. The van der Waals surface area contributed by atoms with Crippen molar-refractivity contribution in [2.75, 3.05) is 28.4 Å². The summed E-state index contributed by atoms with van der Waals surface area (Å²) in [4.78, 5) is 25.5. The molecule has 1 aliphatic rings. The lowest BCUT2D eigenvalue weighted by molar-refractivity contribution is 0.0966. The molecule has 0 heterocycles. The summed E-state index contributed by atoms with van der Waals surface area (Å²) < 4.78 is 21.0. The van der Waals surface area contributed by atoms with E-state index in [0.717, 1.165) is 25.7 Å². The first kappa shape index (κ1) is 28.9. The van der Waals surface area contributed by atoms with Gasteiger partial charge in [0.05, 0.1) is 28.4 Å². The summed E-state index contributed by atoms with van der Waals surface area (Å²) in [6.45, 7) is 0. The molecule has 0 spiro atoms. The van der Waals surface area contributed by atoms with E-state index in [9.17, 15) is 9.59 Å². The molecule has 2 atom stereocenters. The smallest absolute Gasteiger partial charge is 0.257 e. The second-order valence-corrected chi connectivity index (χ2v) is 9.31. The van der Waals surface area contributed by atoms with Crippen LogP contribution < -0.4 is 40.2 Å². The highest BCUT2D eigenvalue weighted by molar-refractivity contribution is 7.80. The SMILES string of the molecule is COc1ccc(C(=O)NC(=S)NC2CCCCC2NC(=S)NC(=O)c2ccc(OC)c(OC)c2)cc1OC. The molecule has 12 heteroatoms. The fourth-order valence-electron chi connectivity index (χ4n) is 4.19. The number of carbonyl (C=O) groups is 2. The highest BCUT2D eigenvalue weighted by atomic mass is 32.1. The minimum absolute atomic E-state index is 0.0992. The maximum Gasteiger partial charge on any atom is 0.257 e. The summed E-state index contributed by atoms with van der Waals surface area (Å²) in [5, 5.41) is 12.3. The van der Waals surface area contributed by atoms with Crippen LogP contribution in [0.3, 0.4) is 0 Å². The number of rotatable bonds is 8. The van der Waals surface area contributed by atoms with Crippen molar-refractivity contribution in [2.45, 2.75) is 37.8 Å². The Balaban J connectivity index is 1.57. The molecular formula is C26H32N4O6S2. The number of amides is 2. The molecule has 38 heavy (non-hydrogen) atoms. The zero-order valence-corrected chi connectivity index (χ0v) is 23.3. The molecule has 1 saturated carbocycles. The standard InChI is InChI=1S/C26H32N4O6S2/c1-33-19-11-9-15(13-21(19)35-3)23(31)29-25(37)27-17-7-5-6-8-18(17)28-26(38)30-24(32)16-10-12-20(34-2)22(14-16)36-4/h9-14,17-18H,5-8H2,1-4H3,(H2,27,29,31,37)(H2,28,30,32,38). The van der Waals surface area contributed by atoms with Crippen molar-refractivity contribution in [3.8, 4) is 23.0 Å². The van der Waals surface area contributed by atoms with Crippen molar-refractivity contribution < 1.29 is 28.5 Å². The van der Waals surface area contributed by atoms with Crippen LogP contribution in [0.2, 0.25) is 0 Å². The molecule has 4 N–H and O–H groups in total. The molecule has 0 bridgehead atoms. The zero-order valence-electron chi connectivity index (χ0n) is 21.7. The monoisotopic (exact) mass is 560 g/mol. The summed E-state index contributed by atoms with van der Waals surface area (Å²) >= 11 is 10.8. The van der Waals surface area contributed by atoms with Gasteiger partial charge in [-0.25, -0.2) is 0 Å². The van der Waals surface area contributed by atoms with E-state index < -0.39 is 0 Å². The Labute approximate surface area is 232 Å². The maximum absolute atomic E-state index is 12.7. The lowest BCUT2D eigenvalue weighted by atomic mass is 9.90. The summed E-state index contributed by atoms with van der Waals surface area (Å²) in [6, 6.07) is 9.54. The first-order valence-electron chi connectivity index (χ1n) is 12.0. The number of thiocarbonyl (C=S) groups is 2. The molecule has 0 aromatic heterocycles. The van der Waals surface area contributed by atoms with Crippen LogP contribution in [0.4, 0.5) is 0 Å². The van der Waals surface area contributed by atoms with Crippen molar-refractivity contribution in [1.29, 1.82) is 0 Å². The van der Waals surface area contributed by atoms with E-state index in [2.05, 4.69) is 21.3 Å². The summed E-state index contributed by atoms with van der Waals surface area (Å²) in [5.74, 6) is 1.19. The Bertz CT molecular complexity index is 1100. The number of hydrogen-bond acceptors (Lipinski definition) is 8. The predicted octanol–water partition coefficient (Wildman–Crippen LogP) is 2.94. The second kappa shape index (κ2) is 13.8. The fraction of sp³-hybridized carbons (Fsp3) is 0.385. The highest BCUT2D eigenvalue weighted by Gasteiger charge is 2.27. The first-order valence-corrected chi connectivity index (χ1v) is 12.8.